The molecule has 2 aliphatic rings. The van der Waals surface area contributed by atoms with Crippen molar-refractivity contribution in [3.63, 3.8) is 0 Å². The summed E-state index contributed by atoms with van der Waals surface area (Å²) in [6.07, 6.45) is 1.78. The van der Waals surface area contributed by atoms with Crippen LogP contribution in [0.25, 0.3) is 11.1 Å². The number of hydrogen-bond donors (Lipinski definition) is 2. The first-order valence-electron chi connectivity index (χ1n) is 9.16. The Morgan fingerprint density at radius 1 is 0.821 bits per heavy atom. The highest BCUT2D eigenvalue weighted by molar-refractivity contribution is 7.92. The van der Waals surface area contributed by atoms with Gasteiger partial charge in [-0.2, -0.15) is 0 Å². The van der Waals surface area contributed by atoms with Gasteiger partial charge in [-0.1, -0.05) is 30.3 Å². The van der Waals surface area contributed by atoms with Gasteiger partial charge in [0.25, 0.3) is 10.0 Å². The Balaban J connectivity index is 1.46. The molecule has 5 nitrogen and oxygen atoms in total. The molecule has 1 aliphatic carbocycles. The third-order valence-corrected chi connectivity index (χ3v) is 6.71. The van der Waals surface area contributed by atoms with Crippen molar-refractivity contribution >= 4 is 27.3 Å². The maximum atomic E-state index is 12.9. The molecular weight excluding hydrogens is 372 g/mol. The lowest BCUT2D eigenvalue weighted by atomic mass is 10.0. The summed E-state index contributed by atoms with van der Waals surface area (Å²) >= 11 is 0. The summed E-state index contributed by atoms with van der Waals surface area (Å²) in [6.45, 7) is 0. The van der Waals surface area contributed by atoms with E-state index in [1.165, 1.54) is 17.2 Å². The number of benzene rings is 3. The molecule has 0 radical (unpaired) electrons. The zero-order valence-corrected chi connectivity index (χ0v) is 15.8. The van der Waals surface area contributed by atoms with E-state index in [1.54, 1.807) is 18.2 Å². The molecular formula is C22H18N2O3S. The number of sulfonamides is 1. The van der Waals surface area contributed by atoms with Gasteiger partial charge in [0.05, 0.1) is 4.90 Å². The average molecular weight is 390 g/mol. The molecule has 140 valence electrons. The van der Waals surface area contributed by atoms with Gasteiger partial charge in [-0.3, -0.25) is 9.52 Å². The lowest BCUT2D eigenvalue weighted by Gasteiger charge is -2.18. The normalized spacial score (nSPS) is 14.6. The SMILES string of the molecule is O=C1CCc2cc(S(=O)(=O)Nc3ccc4c(c3)-c3ccccc3C4)ccc2N1. The summed E-state index contributed by atoms with van der Waals surface area (Å²) < 4.78 is 28.5. The third-order valence-electron chi connectivity index (χ3n) is 5.33. The Bertz CT molecular complexity index is 1230. The molecule has 1 aliphatic heterocycles. The second-order valence-electron chi connectivity index (χ2n) is 7.18. The summed E-state index contributed by atoms with van der Waals surface area (Å²) in [7, 11) is -3.72. The third kappa shape index (κ3) is 2.86. The molecule has 1 amide bonds. The number of aryl methyl sites for hydroxylation is 1. The van der Waals surface area contributed by atoms with E-state index in [0.717, 1.165) is 23.1 Å². The fraction of sp³-hybridized carbons (Fsp3) is 0.136. The molecule has 28 heavy (non-hydrogen) atoms. The standard InChI is InChI=1S/C22H18N2O3S/c25-22-10-6-16-12-18(8-9-21(16)23-22)28(26,27)24-17-7-5-15-11-14-3-1-2-4-19(14)20(15)13-17/h1-5,7-9,12-13,24H,6,10-11H2,(H,23,25). The number of anilines is 2. The zero-order chi connectivity index (χ0) is 19.3. The van der Waals surface area contributed by atoms with Crippen molar-refractivity contribution in [2.45, 2.75) is 24.2 Å². The van der Waals surface area contributed by atoms with Crippen LogP contribution in [0.4, 0.5) is 11.4 Å². The van der Waals surface area contributed by atoms with Crippen LogP contribution in [0.3, 0.4) is 0 Å². The molecule has 2 N–H and O–H groups in total. The Morgan fingerprint density at radius 3 is 2.54 bits per heavy atom. The van der Waals surface area contributed by atoms with Gasteiger partial charge in [-0.15, -0.1) is 0 Å². The smallest absolute Gasteiger partial charge is 0.261 e. The molecule has 5 rings (SSSR count). The first-order chi connectivity index (χ1) is 13.5. The summed E-state index contributed by atoms with van der Waals surface area (Å²) in [4.78, 5) is 11.7. The molecule has 0 atom stereocenters. The van der Waals surface area contributed by atoms with Crippen molar-refractivity contribution in [1.82, 2.24) is 0 Å². The minimum atomic E-state index is -3.72. The van der Waals surface area contributed by atoms with E-state index >= 15 is 0 Å². The summed E-state index contributed by atoms with van der Waals surface area (Å²) in [5, 5.41) is 2.77. The van der Waals surface area contributed by atoms with Gasteiger partial charge in [0.2, 0.25) is 5.91 Å². The minimum Gasteiger partial charge on any atom is -0.326 e. The van der Waals surface area contributed by atoms with Crippen LogP contribution in [0.5, 0.6) is 0 Å². The second kappa shape index (κ2) is 6.21. The van der Waals surface area contributed by atoms with E-state index < -0.39 is 10.0 Å². The molecule has 0 saturated heterocycles. The molecule has 0 bridgehead atoms. The van der Waals surface area contributed by atoms with Crippen molar-refractivity contribution in [3.8, 4) is 11.1 Å². The van der Waals surface area contributed by atoms with Crippen molar-refractivity contribution in [1.29, 1.82) is 0 Å². The average Bonchev–Trinajstić information content (AvgIpc) is 3.05. The van der Waals surface area contributed by atoms with Gasteiger partial charge in [0.1, 0.15) is 0 Å². The topological polar surface area (TPSA) is 75.3 Å². The van der Waals surface area contributed by atoms with Crippen LogP contribution in [-0.2, 0) is 27.7 Å². The number of amides is 1. The molecule has 6 heteroatoms. The Labute approximate surface area is 163 Å². The predicted molar refractivity (Wildman–Crippen MR) is 109 cm³/mol. The fourth-order valence-electron chi connectivity index (χ4n) is 3.93. The highest BCUT2D eigenvalue weighted by atomic mass is 32.2. The maximum absolute atomic E-state index is 12.9. The summed E-state index contributed by atoms with van der Waals surface area (Å²) in [5.41, 5.74) is 6.76. The van der Waals surface area contributed by atoms with Crippen LogP contribution >= 0.6 is 0 Å². The predicted octanol–water partition coefficient (Wildman–Crippen LogP) is 3.94. The maximum Gasteiger partial charge on any atom is 0.261 e. The summed E-state index contributed by atoms with van der Waals surface area (Å²) in [5.74, 6) is -0.0420. The number of fused-ring (bicyclic) bond motifs is 4. The first kappa shape index (κ1) is 17.0. The fourth-order valence-corrected chi connectivity index (χ4v) is 5.03. The largest absolute Gasteiger partial charge is 0.326 e. The molecule has 1 heterocycles. The van der Waals surface area contributed by atoms with Crippen molar-refractivity contribution in [3.05, 3.63) is 77.4 Å². The van der Waals surface area contributed by atoms with E-state index in [2.05, 4.69) is 22.2 Å². The second-order valence-corrected chi connectivity index (χ2v) is 8.86. The number of hydrogen-bond acceptors (Lipinski definition) is 3. The van der Waals surface area contributed by atoms with Crippen molar-refractivity contribution in [2.75, 3.05) is 10.0 Å². The lowest BCUT2D eigenvalue weighted by Crippen LogP contribution is -2.20. The number of carbonyl (C=O) groups excluding carboxylic acids is 1. The number of rotatable bonds is 3. The molecule has 0 aromatic heterocycles. The van der Waals surface area contributed by atoms with E-state index in [0.29, 0.717) is 24.2 Å². The highest BCUT2D eigenvalue weighted by Gasteiger charge is 2.22. The van der Waals surface area contributed by atoms with Crippen LogP contribution in [0.1, 0.15) is 23.1 Å². The molecule has 0 unspecified atom stereocenters. The number of carbonyl (C=O) groups is 1. The molecule has 0 fully saturated rings. The Kier molecular flexibility index (Phi) is 3.77. The Hall–Kier alpha value is -3.12. The lowest BCUT2D eigenvalue weighted by molar-refractivity contribution is -0.116. The van der Waals surface area contributed by atoms with Crippen LogP contribution < -0.4 is 10.0 Å². The summed E-state index contributed by atoms with van der Waals surface area (Å²) in [6, 6.07) is 18.7. The molecule has 0 saturated carbocycles. The number of nitrogens with one attached hydrogen (secondary N) is 2. The van der Waals surface area contributed by atoms with Crippen LogP contribution in [0, 0.1) is 0 Å². The van der Waals surface area contributed by atoms with E-state index in [-0.39, 0.29) is 10.8 Å². The van der Waals surface area contributed by atoms with Gasteiger partial charge in [-0.25, -0.2) is 8.42 Å². The molecule has 3 aromatic rings. The quantitative estimate of drug-likeness (QED) is 0.556. The van der Waals surface area contributed by atoms with Gasteiger partial charge < -0.3 is 5.32 Å². The molecule has 3 aromatic carbocycles. The van der Waals surface area contributed by atoms with Crippen LogP contribution in [-0.4, -0.2) is 14.3 Å². The van der Waals surface area contributed by atoms with Gasteiger partial charge >= 0.3 is 0 Å². The minimum absolute atomic E-state index is 0.0420. The van der Waals surface area contributed by atoms with Crippen LogP contribution in [0.2, 0.25) is 0 Å². The van der Waals surface area contributed by atoms with Gasteiger partial charge in [0.15, 0.2) is 0 Å². The van der Waals surface area contributed by atoms with Crippen molar-refractivity contribution in [2.24, 2.45) is 0 Å². The first-order valence-corrected chi connectivity index (χ1v) is 10.6. The van der Waals surface area contributed by atoms with Crippen LogP contribution in [0.15, 0.2) is 65.6 Å². The molecule has 0 spiro atoms. The van der Waals surface area contributed by atoms with E-state index in [9.17, 15) is 13.2 Å². The van der Waals surface area contributed by atoms with E-state index in [4.69, 9.17) is 0 Å². The Morgan fingerprint density at radius 2 is 1.64 bits per heavy atom. The van der Waals surface area contributed by atoms with Gasteiger partial charge in [0, 0.05) is 17.8 Å². The van der Waals surface area contributed by atoms with Gasteiger partial charge in [-0.05, 0) is 71.0 Å². The van der Waals surface area contributed by atoms with E-state index in [1.807, 2.05) is 24.3 Å². The van der Waals surface area contributed by atoms with Crippen molar-refractivity contribution < 1.29 is 13.2 Å². The highest BCUT2D eigenvalue weighted by Crippen LogP contribution is 2.38. The monoisotopic (exact) mass is 390 g/mol. The zero-order valence-electron chi connectivity index (χ0n) is 15.0.